The van der Waals surface area contributed by atoms with E-state index < -0.39 is 66.1 Å². The van der Waals surface area contributed by atoms with Crippen LogP contribution in [0.3, 0.4) is 0 Å². The normalized spacial score (nSPS) is 14.7. The molecule has 2 N–H and O–H groups in total. The number of amides is 1. The van der Waals surface area contributed by atoms with E-state index in [4.69, 9.17) is 24.2 Å². The molecule has 10 nitrogen and oxygen atoms in total. The smallest absolute Gasteiger partial charge is 0.436 e. The summed E-state index contributed by atoms with van der Waals surface area (Å²) >= 11 is 5.97. The number of primary amides is 1. The van der Waals surface area contributed by atoms with Gasteiger partial charge in [-0.05, 0) is 35.9 Å². The van der Waals surface area contributed by atoms with E-state index in [1.54, 1.807) is 0 Å². The number of nitrogens with two attached hydrogens (primary N) is 1. The maximum absolute atomic E-state index is 15.5. The van der Waals surface area contributed by atoms with Crippen LogP contribution in [-0.2, 0) is 10.9 Å². The fourth-order valence-corrected chi connectivity index (χ4v) is 4.58. The minimum Gasteiger partial charge on any atom is -0.618 e. The van der Waals surface area contributed by atoms with Crippen molar-refractivity contribution < 1.29 is 43.1 Å². The van der Waals surface area contributed by atoms with Gasteiger partial charge >= 0.3 is 6.18 Å². The van der Waals surface area contributed by atoms with E-state index in [0.29, 0.717) is 10.9 Å². The second kappa shape index (κ2) is 12.0. The number of halogens is 6. The molecule has 0 aliphatic carbocycles. The predicted octanol–water partition coefficient (Wildman–Crippen LogP) is 5.11. The van der Waals surface area contributed by atoms with Crippen molar-refractivity contribution in [2.24, 2.45) is 5.73 Å². The van der Waals surface area contributed by atoms with Crippen LogP contribution < -0.4 is 10.5 Å². The van der Waals surface area contributed by atoms with Crippen molar-refractivity contribution in [3.63, 3.8) is 0 Å². The van der Waals surface area contributed by atoms with Gasteiger partial charge in [0.25, 0.3) is 5.91 Å². The zero-order chi connectivity index (χ0) is 36.1. The second-order valence-electron chi connectivity index (χ2n) is 9.20. The van der Waals surface area contributed by atoms with Gasteiger partial charge < -0.3 is 15.7 Å². The van der Waals surface area contributed by atoms with Crippen molar-refractivity contribution in [3.05, 3.63) is 106 Å². The van der Waals surface area contributed by atoms with Crippen LogP contribution in [0.2, 0.25) is 5.02 Å². The van der Waals surface area contributed by atoms with Crippen molar-refractivity contribution in [2.75, 3.05) is 13.6 Å². The summed E-state index contributed by atoms with van der Waals surface area (Å²) in [5, 5.41) is 23.8. The van der Waals surface area contributed by atoms with Crippen LogP contribution in [0.5, 0.6) is 0 Å². The third kappa shape index (κ3) is 5.96. The van der Waals surface area contributed by atoms with Gasteiger partial charge in [0.15, 0.2) is 17.7 Å². The molecular formula is C28H21ClF5N7O3. The zero-order valence-corrected chi connectivity index (χ0v) is 22.6. The number of ether oxygens (including phenoxy) is 1. The van der Waals surface area contributed by atoms with E-state index in [1.807, 2.05) is 0 Å². The molecule has 0 saturated heterocycles. The Bertz CT molecular complexity index is 2060. The Morgan fingerprint density at radius 2 is 1.95 bits per heavy atom. The lowest BCUT2D eigenvalue weighted by Gasteiger charge is -2.18. The van der Waals surface area contributed by atoms with Crippen LogP contribution in [0.1, 0.15) is 41.1 Å². The zero-order valence-electron chi connectivity index (χ0n) is 26.9. The number of carbonyl (C=O) groups is 1. The molecule has 228 valence electrons. The number of carbonyl (C=O) groups excluding carboxylic acids is 1. The largest absolute Gasteiger partial charge is 0.618 e. The number of rotatable bonds is 9. The van der Waals surface area contributed by atoms with Crippen LogP contribution in [0, 0.1) is 16.8 Å². The summed E-state index contributed by atoms with van der Waals surface area (Å²) in [4.78, 5) is 11.4. The van der Waals surface area contributed by atoms with Crippen molar-refractivity contribution in [2.45, 2.75) is 18.6 Å². The molecule has 0 bridgehead atoms. The summed E-state index contributed by atoms with van der Waals surface area (Å²) in [7, 11) is -3.19. The van der Waals surface area contributed by atoms with E-state index in [-0.39, 0.29) is 38.4 Å². The SMILES string of the molecule is [2H]C([2H])([2H])OC([2H])([2H])C[C@H](c1ccc(-c2c(-n3cc(C(F)(F)F)nn3)ccc(Cl)c2F)c[n+]1[O-])n1cc(-c2ccc(C(N)=O)c(F)c2)cn1. The molecule has 16 heteroatoms. The average Bonchev–Trinajstić information content (AvgIpc) is 3.67. The molecule has 0 saturated carbocycles. The lowest BCUT2D eigenvalue weighted by Crippen LogP contribution is -2.36. The van der Waals surface area contributed by atoms with Gasteiger partial charge in [0, 0.05) is 37.8 Å². The van der Waals surface area contributed by atoms with Gasteiger partial charge in [-0.2, -0.15) is 23.0 Å². The Hall–Kier alpha value is -4.89. The van der Waals surface area contributed by atoms with Gasteiger partial charge in [-0.1, -0.05) is 22.9 Å². The number of aromatic nitrogens is 6. The van der Waals surface area contributed by atoms with Crippen molar-refractivity contribution in [3.8, 4) is 27.9 Å². The molecule has 3 aromatic heterocycles. The molecule has 2 aromatic carbocycles. The molecular weight excluding hydrogens is 613 g/mol. The van der Waals surface area contributed by atoms with Gasteiger partial charge in [-0.3, -0.25) is 9.48 Å². The van der Waals surface area contributed by atoms with E-state index in [1.165, 1.54) is 24.5 Å². The first kappa shape index (κ1) is 24.5. The van der Waals surface area contributed by atoms with Crippen molar-refractivity contribution in [1.82, 2.24) is 24.8 Å². The lowest BCUT2D eigenvalue weighted by atomic mass is 10.0. The van der Waals surface area contributed by atoms with E-state index in [9.17, 15) is 27.6 Å². The molecule has 0 fully saturated rings. The second-order valence-corrected chi connectivity index (χ2v) is 9.61. The van der Waals surface area contributed by atoms with Gasteiger partial charge in [0.1, 0.15) is 11.9 Å². The molecule has 0 aliphatic heterocycles. The number of methoxy groups -OCH3 is 1. The van der Waals surface area contributed by atoms with Gasteiger partial charge in [-0.25, -0.2) is 13.5 Å². The molecule has 0 aliphatic rings. The van der Waals surface area contributed by atoms with Gasteiger partial charge in [-0.15, -0.1) is 5.10 Å². The minimum absolute atomic E-state index is 0.190. The molecule has 0 unspecified atom stereocenters. The first-order valence-corrected chi connectivity index (χ1v) is 12.7. The summed E-state index contributed by atoms with van der Waals surface area (Å²) < 4.78 is 115. The highest BCUT2D eigenvalue weighted by Crippen LogP contribution is 2.35. The number of benzene rings is 2. The van der Waals surface area contributed by atoms with Gasteiger partial charge in [0.2, 0.25) is 5.69 Å². The summed E-state index contributed by atoms with van der Waals surface area (Å²) in [5.41, 5.74) is 2.72. The molecule has 1 amide bonds. The summed E-state index contributed by atoms with van der Waals surface area (Å²) in [6, 6.07) is 6.64. The Balaban J connectivity index is 1.60. The third-order valence-electron chi connectivity index (χ3n) is 6.52. The van der Waals surface area contributed by atoms with Crippen molar-refractivity contribution >= 4 is 17.5 Å². The van der Waals surface area contributed by atoms with Gasteiger partial charge in [0.05, 0.1) is 46.6 Å². The highest BCUT2D eigenvalue weighted by molar-refractivity contribution is 6.31. The Labute approximate surface area is 257 Å². The number of nitrogens with zero attached hydrogens (tertiary/aromatic N) is 6. The highest BCUT2D eigenvalue weighted by atomic mass is 35.5. The maximum Gasteiger partial charge on any atom is 0.436 e. The molecule has 0 radical (unpaired) electrons. The number of hydrogen-bond acceptors (Lipinski definition) is 6. The number of hydrogen-bond donors (Lipinski definition) is 1. The predicted molar refractivity (Wildman–Crippen MR) is 146 cm³/mol. The van der Waals surface area contributed by atoms with Crippen LogP contribution in [0.25, 0.3) is 27.9 Å². The van der Waals surface area contributed by atoms with Crippen LogP contribution in [-0.4, -0.2) is 44.3 Å². The first-order valence-electron chi connectivity index (χ1n) is 14.8. The van der Waals surface area contributed by atoms with Crippen molar-refractivity contribution in [1.29, 1.82) is 0 Å². The molecule has 3 heterocycles. The third-order valence-corrected chi connectivity index (χ3v) is 6.81. The van der Waals surface area contributed by atoms with E-state index in [2.05, 4.69) is 20.1 Å². The molecule has 5 aromatic rings. The fraction of sp³-hybridized carbons (Fsp3) is 0.179. The number of alkyl halides is 3. The quantitative estimate of drug-likeness (QED) is 0.136. The topological polar surface area (TPSA) is 128 Å². The molecule has 0 spiro atoms. The van der Waals surface area contributed by atoms with E-state index in [0.717, 1.165) is 41.2 Å². The average molecular weight is 639 g/mol. The lowest BCUT2D eigenvalue weighted by molar-refractivity contribution is -0.615. The molecule has 5 rings (SSSR count). The summed E-state index contributed by atoms with van der Waals surface area (Å²) in [6.45, 7) is -2.89. The molecule has 44 heavy (non-hydrogen) atoms. The Morgan fingerprint density at radius 1 is 1.18 bits per heavy atom. The highest BCUT2D eigenvalue weighted by Gasteiger charge is 2.35. The van der Waals surface area contributed by atoms with Crippen LogP contribution in [0.4, 0.5) is 22.0 Å². The van der Waals surface area contributed by atoms with E-state index >= 15 is 4.39 Å². The van der Waals surface area contributed by atoms with Crippen LogP contribution in [0.15, 0.2) is 67.3 Å². The van der Waals surface area contributed by atoms with Crippen LogP contribution >= 0.6 is 11.6 Å². The fourth-order valence-electron chi connectivity index (χ4n) is 4.42. The first-order chi connectivity index (χ1) is 22.7. The monoisotopic (exact) mass is 638 g/mol. The summed E-state index contributed by atoms with van der Waals surface area (Å²) in [5.74, 6) is -3.05. The maximum atomic E-state index is 15.5. The Kier molecular flexibility index (Phi) is 6.70. The minimum atomic E-state index is -4.86. The summed E-state index contributed by atoms with van der Waals surface area (Å²) in [6.07, 6.45) is -1.81. The molecule has 1 atom stereocenters. The number of pyridine rings is 1. The Morgan fingerprint density at radius 3 is 2.61 bits per heavy atom. The standard InChI is InChI=1S/C28H21ClF5N7O3/c1-44-9-8-21(39-12-17(11-36-39)15-2-4-18(27(35)42)20(30)10-15)22-6-3-16(13-41(22)43)25-23(7-5-19(29)26(25)31)40-14-24(37-38-40)28(32,33)34/h2-7,10-14,21H,8-9H2,1H3,(H2,35,42)/t21-/m1/s1/i1D3,9D2.